The molecule has 1 aliphatic heterocycles. The maximum atomic E-state index is 12.9. The summed E-state index contributed by atoms with van der Waals surface area (Å²) in [6, 6.07) is 0.0748. The van der Waals surface area contributed by atoms with Crippen LogP contribution in [0.2, 0.25) is 0 Å². The topological polar surface area (TPSA) is 50.3 Å². The molecule has 2 heterocycles. The predicted octanol–water partition coefficient (Wildman–Crippen LogP) is 2.66. The van der Waals surface area contributed by atoms with Gasteiger partial charge in [0, 0.05) is 24.5 Å². The summed E-state index contributed by atoms with van der Waals surface area (Å²) >= 11 is 0. The Labute approximate surface area is 115 Å². The molecule has 0 aromatic carbocycles. The molecular weight excluding hydrogens is 293 g/mol. The molecule has 0 amide bonds. The van der Waals surface area contributed by atoms with Gasteiger partial charge in [-0.3, -0.25) is 4.98 Å². The normalized spacial score (nSPS) is 25.1. The number of hydrogen-bond acceptors (Lipinski definition) is 3. The van der Waals surface area contributed by atoms with E-state index in [0.29, 0.717) is 18.9 Å². The van der Waals surface area contributed by atoms with Gasteiger partial charge in [0.15, 0.2) is 0 Å². The Balaban J connectivity index is 2.56. The minimum absolute atomic E-state index is 0.309. The van der Waals surface area contributed by atoms with E-state index in [1.807, 2.05) is 0 Å². The Morgan fingerprint density at radius 3 is 2.30 bits per heavy atom. The van der Waals surface area contributed by atoms with E-state index < -0.39 is 26.7 Å². The average molecular weight is 308 g/mol. The van der Waals surface area contributed by atoms with E-state index in [-0.39, 0.29) is 12.1 Å². The lowest BCUT2D eigenvalue weighted by atomic mass is 10.2. The van der Waals surface area contributed by atoms with Gasteiger partial charge in [0.2, 0.25) is 10.0 Å². The molecule has 0 saturated carbocycles. The molecule has 0 bridgehead atoms. The summed E-state index contributed by atoms with van der Waals surface area (Å²) in [6.07, 6.45) is -1.73. The summed E-state index contributed by atoms with van der Waals surface area (Å²) in [7, 11) is -4.20. The standard InChI is InChI=1S/C12H15F3N2O2S/c1-8-3-4-9(2)17(8)20(18,19)11-7-16-6-5-10(11)12(13,14)15/h5-9H,3-4H2,1-2H3. The number of rotatable bonds is 2. The van der Waals surface area contributed by atoms with Gasteiger partial charge >= 0.3 is 6.18 Å². The van der Waals surface area contributed by atoms with Crippen LogP contribution in [0.15, 0.2) is 23.4 Å². The Morgan fingerprint density at radius 1 is 1.25 bits per heavy atom. The van der Waals surface area contributed by atoms with E-state index in [0.717, 1.165) is 16.7 Å². The van der Waals surface area contributed by atoms with Crippen molar-refractivity contribution in [3.63, 3.8) is 0 Å². The van der Waals surface area contributed by atoms with Crippen LogP contribution in [0.25, 0.3) is 0 Å². The highest BCUT2D eigenvalue weighted by Crippen LogP contribution is 2.37. The maximum Gasteiger partial charge on any atom is 0.417 e. The SMILES string of the molecule is CC1CCC(C)N1S(=O)(=O)c1cnccc1C(F)(F)F. The van der Waals surface area contributed by atoms with Crippen molar-refractivity contribution in [2.45, 2.75) is 49.8 Å². The summed E-state index contributed by atoms with van der Waals surface area (Å²) in [5.41, 5.74) is -1.17. The molecule has 0 N–H and O–H groups in total. The van der Waals surface area contributed by atoms with E-state index in [9.17, 15) is 21.6 Å². The quantitative estimate of drug-likeness (QED) is 0.844. The summed E-state index contributed by atoms with van der Waals surface area (Å²) in [5, 5.41) is 0. The largest absolute Gasteiger partial charge is 0.417 e. The number of hydrogen-bond donors (Lipinski definition) is 0. The first-order chi connectivity index (χ1) is 9.15. The zero-order valence-corrected chi connectivity index (χ0v) is 11.9. The number of sulfonamides is 1. The minimum Gasteiger partial charge on any atom is -0.263 e. The second-order valence-electron chi connectivity index (χ2n) is 4.98. The van der Waals surface area contributed by atoms with E-state index in [4.69, 9.17) is 0 Å². The molecule has 2 rings (SSSR count). The van der Waals surface area contributed by atoms with Gasteiger partial charge in [0.1, 0.15) is 4.90 Å². The van der Waals surface area contributed by atoms with Crippen LogP contribution in [0.3, 0.4) is 0 Å². The fraction of sp³-hybridized carbons (Fsp3) is 0.583. The van der Waals surface area contributed by atoms with Gasteiger partial charge in [-0.1, -0.05) is 0 Å². The number of aromatic nitrogens is 1. The van der Waals surface area contributed by atoms with Gasteiger partial charge < -0.3 is 0 Å². The monoisotopic (exact) mass is 308 g/mol. The first-order valence-electron chi connectivity index (χ1n) is 6.20. The van der Waals surface area contributed by atoms with Crippen molar-refractivity contribution < 1.29 is 21.6 Å². The highest BCUT2D eigenvalue weighted by molar-refractivity contribution is 7.89. The van der Waals surface area contributed by atoms with Crippen molar-refractivity contribution in [3.05, 3.63) is 24.0 Å². The lowest BCUT2D eigenvalue weighted by Gasteiger charge is -2.26. The van der Waals surface area contributed by atoms with Crippen molar-refractivity contribution in [1.29, 1.82) is 0 Å². The third-order valence-electron chi connectivity index (χ3n) is 3.52. The first kappa shape index (κ1) is 15.2. The number of pyridine rings is 1. The van der Waals surface area contributed by atoms with E-state index in [1.165, 1.54) is 0 Å². The lowest BCUT2D eigenvalue weighted by Crippen LogP contribution is -2.39. The van der Waals surface area contributed by atoms with Crippen molar-refractivity contribution >= 4 is 10.0 Å². The molecule has 0 radical (unpaired) electrons. The van der Waals surface area contributed by atoms with Crippen molar-refractivity contribution in [3.8, 4) is 0 Å². The smallest absolute Gasteiger partial charge is 0.263 e. The van der Waals surface area contributed by atoms with Crippen LogP contribution < -0.4 is 0 Å². The molecule has 112 valence electrons. The number of nitrogens with zero attached hydrogens (tertiary/aromatic N) is 2. The zero-order valence-electron chi connectivity index (χ0n) is 11.1. The van der Waals surface area contributed by atoms with Gasteiger partial charge in [-0.2, -0.15) is 17.5 Å². The Morgan fingerprint density at radius 2 is 1.80 bits per heavy atom. The van der Waals surface area contributed by atoms with Crippen LogP contribution in [-0.4, -0.2) is 29.8 Å². The Kier molecular flexibility index (Phi) is 3.81. The third kappa shape index (κ3) is 2.54. The fourth-order valence-corrected chi connectivity index (χ4v) is 4.62. The van der Waals surface area contributed by atoms with Gasteiger partial charge in [0.25, 0.3) is 0 Å². The summed E-state index contributed by atoms with van der Waals surface area (Å²) in [4.78, 5) is 2.77. The van der Waals surface area contributed by atoms with Crippen molar-refractivity contribution in [2.75, 3.05) is 0 Å². The molecule has 2 unspecified atom stereocenters. The minimum atomic E-state index is -4.72. The molecular formula is C12H15F3N2O2S. The van der Waals surface area contributed by atoms with Crippen LogP contribution in [0.5, 0.6) is 0 Å². The molecule has 4 nitrogen and oxygen atoms in total. The molecule has 1 fully saturated rings. The van der Waals surface area contributed by atoms with E-state index >= 15 is 0 Å². The van der Waals surface area contributed by atoms with Crippen molar-refractivity contribution in [1.82, 2.24) is 9.29 Å². The second kappa shape index (κ2) is 5.00. The van der Waals surface area contributed by atoms with Gasteiger partial charge in [-0.05, 0) is 32.8 Å². The molecule has 1 saturated heterocycles. The van der Waals surface area contributed by atoms with Gasteiger partial charge in [0.05, 0.1) is 5.56 Å². The highest BCUT2D eigenvalue weighted by atomic mass is 32.2. The van der Waals surface area contributed by atoms with Gasteiger partial charge in [-0.25, -0.2) is 8.42 Å². The molecule has 1 aromatic heterocycles. The van der Waals surface area contributed by atoms with E-state index in [2.05, 4.69) is 4.98 Å². The molecule has 0 aliphatic carbocycles. The first-order valence-corrected chi connectivity index (χ1v) is 7.64. The number of alkyl halides is 3. The van der Waals surface area contributed by atoms with Crippen LogP contribution in [-0.2, 0) is 16.2 Å². The van der Waals surface area contributed by atoms with Crippen LogP contribution in [0, 0.1) is 0 Å². The Hall–Kier alpha value is -1.15. The highest BCUT2D eigenvalue weighted by Gasteiger charge is 2.43. The molecule has 2 atom stereocenters. The van der Waals surface area contributed by atoms with Crippen molar-refractivity contribution in [2.24, 2.45) is 0 Å². The third-order valence-corrected chi connectivity index (χ3v) is 5.67. The summed E-state index contributed by atoms with van der Waals surface area (Å²) in [5.74, 6) is 0. The lowest BCUT2D eigenvalue weighted by molar-refractivity contribution is -0.140. The molecule has 0 spiro atoms. The summed E-state index contributed by atoms with van der Waals surface area (Å²) < 4.78 is 65.0. The fourth-order valence-electron chi connectivity index (χ4n) is 2.58. The zero-order chi connectivity index (χ0) is 15.1. The van der Waals surface area contributed by atoms with Gasteiger partial charge in [-0.15, -0.1) is 0 Å². The molecule has 1 aromatic rings. The van der Waals surface area contributed by atoms with Crippen LogP contribution >= 0.6 is 0 Å². The second-order valence-corrected chi connectivity index (χ2v) is 6.79. The molecule has 1 aliphatic rings. The summed E-state index contributed by atoms with van der Waals surface area (Å²) in [6.45, 7) is 3.40. The number of halogens is 3. The maximum absolute atomic E-state index is 12.9. The van der Waals surface area contributed by atoms with Crippen LogP contribution in [0.4, 0.5) is 13.2 Å². The Bertz CT molecular complexity index is 591. The van der Waals surface area contributed by atoms with Crippen LogP contribution in [0.1, 0.15) is 32.3 Å². The predicted molar refractivity (Wildman–Crippen MR) is 66.4 cm³/mol. The molecule has 8 heteroatoms. The molecule has 20 heavy (non-hydrogen) atoms. The average Bonchev–Trinajstić information content (AvgIpc) is 2.68. The van der Waals surface area contributed by atoms with E-state index in [1.54, 1.807) is 13.8 Å².